The topological polar surface area (TPSA) is 159 Å². The number of nitrogens with one attached hydrogen (secondary N) is 2. The lowest BCUT2D eigenvalue weighted by molar-refractivity contribution is -0.142. The van der Waals surface area contributed by atoms with Gasteiger partial charge < -0.3 is 15.5 Å². The quantitative estimate of drug-likeness (QED) is 0.0750. The monoisotopic (exact) mass is 611 g/mol. The Bertz CT molecular complexity index is 1980. The molecule has 11 heteroatoms. The maximum atomic E-state index is 14.2. The average Bonchev–Trinajstić information content (AvgIpc) is 3.34. The van der Waals surface area contributed by atoms with Gasteiger partial charge in [-0.05, 0) is 56.2 Å². The number of anilines is 1. The molecular formula is C33H33N5O5S. The van der Waals surface area contributed by atoms with E-state index in [0.717, 1.165) is 5.56 Å². The Morgan fingerprint density at radius 2 is 1.77 bits per heavy atom. The second-order valence-corrected chi connectivity index (χ2v) is 12.2. The lowest BCUT2D eigenvalue weighted by atomic mass is 9.99. The van der Waals surface area contributed by atoms with Gasteiger partial charge in [0.2, 0.25) is 0 Å². The summed E-state index contributed by atoms with van der Waals surface area (Å²) in [5, 5.41) is 8.81. The van der Waals surface area contributed by atoms with Crippen molar-refractivity contribution >= 4 is 55.1 Å². The number of sulfonamides is 1. The van der Waals surface area contributed by atoms with Crippen LogP contribution in [0.4, 0.5) is 5.69 Å². The molecule has 0 fully saturated rings. The van der Waals surface area contributed by atoms with Crippen LogP contribution in [0.1, 0.15) is 46.9 Å². The number of benzene rings is 3. The van der Waals surface area contributed by atoms with E-state index in [1.807, 2.05) is 19.1 Å². The number of para-hydroxylation sites is 1. The third-order valence-electron chi connectivity index (χ3n) is 7.43. The molecular weight excluding hydrogens is 578 g/mol. The molecule has 2 heterocycles. The number of ether oxygens (including phenoxy) is 1. The molecule has 0 atom stereocenters. The molecule has 0 radical (unpaired) electrons. The number of carbonyl (C=O) groups excluding carboxylic acids is 2. The van der Waals surface area contributed by atoms with Crippen molar-refractivity contribution in [3.63, 3.8) is 0 Å². The lowest BCUT2D eigenvalue weighted by Gasteiger charge is -2.25. The lowest BCUT2D eigenvalue weighted by Crippen LogP contribution is -2.33. The Labute approximate surface area is 255 Å². The summed E-state index contributed by atoms with van der Waals surface area (Å²) in [6.07, 6.45) is 2.08. The predicted molar refractivity (Wildman–Crippen MR) is 171 cm³/mol. The number of hydrogen-bond donors (Lipinski definition) is 3. The van der Waals surface area contributed by atoms with Crippen molar-refractivity contribution in [1.82, 2.24) is 9.97 Å². The standard InChI is InChI=1S/C33H33N5O5S/c1-3-43-30(40)17-19-38(44(41,42)29-8-4-6-23-7-5-18-36-32(23)29)25-14-15-27-26(20-25)31(21(2)37-27)28(39)16-11-22-9-12-24(13-10-22)33(34)35/h4-10,12-15,18,20,37H,3,11,16-17,19H2,1-2H3,(H3,34,35). The number of nitrogens with zero attached hydrogens (tertiary/aromatic N) is 2. The number of aromatic amines is 1. The van der Waals surface area contributed by atoms with Crippen molar-refractivity contribution in [1.29, 1.82) is 5.41 Å². The molecule has 0 unspecified atom stereocenters. The van der Waals surface area contributed by atoms with Gasteiger partial charge in [0.1, 0.15) is 10.7 Å². The van der Waals surface area contributed by atoms with Crippen molar-refractivity contribution in [3.8, 4) is 0 Å². The third-order valence-corrected chi connectivity index (χ3v) is 9.29. The van der Waals surface area contributed by atoms with Crippen LogP contribution in [0.5, 0.6) is 0 Å². The molecule has 0 aliphatic rings. The van der Waals surface area contributed by atoms with Gasteiger partial charge in [-0.15, -0.1) is 0 Å². The molecule has 5 rings (SSSR count). The number of H-pyrrole nitrogens is 1. The van der Waals surface area contributed by atoms with Crippen LogP contribution in [0.15, 0.2) is 83.9 Å². The summed E-state index contributed by atoms with van der Waals surface area (Å²) in [4.78, 5) is 33.5. The highest BCUT2D eigenvalue weighted by Crippen LogP contribution is 2.33. The number of Topliss-reactive ketones (excluding diaryl/α,β-unsaturated/α-hetero) is 1. The first-order chi connectivity index (χ1) is 21.1. The molecule has 0 amide bonds. The maximum absolute atomic E-state index is 14.2. The predicted octanol–water partition coefficient (Wildman–Crippen LogP) is 5.27. The Morgan fingerprint density at radius 3 is 2.50 bits per heavy atom. The van der Waals surface area contributed by atoms with Crippen LogP contribution < -0.4 is 10.0 Å². The first kappa shape index (κ1) is 30.4. The summed E-state index contributed by atoms with van der Waals surface area (Å²) in [6, 6.07) is 20.7. The summed E-state index contributed by atoms with van der Waals surface area (Å²) in [7, 11) is -4.20. The minimum absolute atomic E-state index is 0.0110. The van der Waals surface area contributed by atoms with E-state index >= 15 is 0 Å². The number of rotatable bonds is 12. The molecule has 44 heavy (non-hydrogen) atoms. The summed E-state index contributed by atoms with van der Waals surface area (Å²) in [6.45, 7) is 3.51. The number of carbonyl (C=O) groups is 2. The van der Waals surface area contributed by atoms with Gasteiger partial charge in [-0.25, -0.2) is 8.42 Å². The molecule has 0 aliphatic heterocycles. The fourth-order valence-electron chi connectivity index (χ4n) is 5.28. The highest BCUT2D eigenvalue weighted by atomic mass is 32.2. The summed E-state index contributed by atoms with van der Waals surface area (Å²) in [5.74, 6) is -0.636. The largest absolute Gasteiger partial charge is 0.466 e. The van der Waals surface area contributed by atoms with Crippen LogP contribution in [0.3, 0.4) is 0 Å². The van der Waals surface area contributed by atoms with Crippen molar-refractivity contribution in [2.24, 2.45) is 5.73 Å². The van der Waals surface area contributed by atoms with E-state index in [4.69, 9.17) is 15.9 Å². The van der Waals surface area contributed by atoms with E-state index < -0.39 is 16.0 Å². The Kier molecular flexibility index (Phi) is 8.77. The van der Waals surface area contributed by atoms with Crippen LogP contribution in [0.25, 0.3) is 21.8 Å². The zero-order chi connectivity index (χ0) is 31.4. The number of hydrogen-bond acceptors (Lipinski definition) is 7. The molecule has 2 aromatic heterocycles. The number of aryl methyl sites for hydroxylation is 2. The van der Waals surface area contributed by atoms with Crippen LogP contribution in [0, 0.1) is 12.3 Å². The van der Waals surface area contributed by atoms with Gasteiger partial charge >= 0.3 is 5.97 Å². The van der Waals surface area contributed by atoms with Crippen LogP contribution in [-0.2, 0) is 26.0 Å². The van der Waals surface area contributed by atoms with Crippen LogP contribution in [-0.4, -0.2) is 49.1 Å². The van der Waals surface area contributed by atoms with E-state index in [-0.39, 0.29) is 42.5 Å². The zero-order valence-electron chi connectivity index (χ0n) is 24.5. The highest BCUT2D eigenvalue weighted by Gasteiger charge is 2.29. The highest BCUT2D eigenvalue weighted by molar-refractivity contribution is 7.93. The van der Waals surface area contributed by atoms with E-state index in [1.54, 1.807) is 61.5 Å². The molecule has 0 spiro atoms. The minimum Gasteiger partial charge on any atom is -0.466 e. The van der Waals surface area contributed by atoms with E-state index in [1.165, 1.54) is 16.6 Å². The summed E-state index contributed by atoms with van der Waals surface area (Å²) in [5.41, 5.74) is 9.56. The summed E-state index contributed by atoms with van der Waals surface area (Å²) < 4.78 is 34.7. The fraction of sp³-hybridized carbons (Fsp3) is 0.212. The number of ketones is 1. The SMILES string of the molecule is CCOC(=O)CCN(c1ccc2[nH]c(C)c(C(=O)CCc3ccc(C(=N)N)cc3)c2c1)S(=O)(=O)c1cccc2cccnc12. The van der Waals surface area contributed by atoms with Gasteiger partial charge in [0.15, 0.2) is 5.78 Å². The van der Waals surface area contributed by atoms with Crippen LogP contribution in [0.2, 0.25) is 0 Å². The van der Waals surface area contributed by atoms with Crippen molar-refractivity contribution in [2.75, 3.05) is 17.5 Å². The van der Waals surface area contributed by atoms with Gasteiger partial charge in [0.05, 0.1) is 24.2 Å². The van der Waals surface area contributed by atoms with Gasteiger partial charge in [0, 0.05) is 52.3 Å². The van der Waals surface area contributed by atoms with E-state index in [2.05, 4.69) is 9.97 Å². The van der Waals surface area contributed by atoms with Crippen molar-refractivity contribution in [2.45, 2.75) is 38.0 Å². The molecule has 0 saturated heterocycles. The molecule has 3 aromatic carbocycles. The first-order valence-electron chi connectivity index (χ1n) is 14.2. The second-order valence-electron chi connectivity index (χ2n) is 10.4. The fourth-order valence-corrected chi connectivity index (χ4v) is 6.91. The number of esters is 1. The molecule has 0 bridgehead atoms. The number of amidine groups is 1. The Morgan fingerprint density at radius 1 is 1.02 bits per heavy atom. The normalized spacial score (nSPS) is 11.5. The second kappa shape index (κ2) is 12.7. The Hall–Kier alpha value is -5.03. The van der Waals surface area contributed by atoms with Gasteiger partial charge in [-0.2, -0.15) is 0 Å². The number of aromatic nitrogens is 2. The third kappa shape index (κ3) is 6.18. The first-order valence-corrected chi connectivity index (χ1v) is 15.6. The molecule has 226 valence electrons. The van der Waals surface area contributed by atoms with Crippen molar-refractivity contribution < 1.29 is 22.7 Å². The molecule has 4 N–H and O–H groups in total. The van der Waals surface area contributed by atoms with Crippen LogP contribution >= 0.6 is 0 Å². The van der Waals surface area contributed by atoms with E-state index in [0.29, 0.717) is 50.7 Å². The number of fused-ring (bicyclic) bond motifs is 2. The summed E-state index contributed by atoms with van der Waals surface area (Å²) >= 11 is 0. The van der Waals surface area contributed by atoms with Gasteiger partial charge in [-0.3, -0.25) is 24.3 Å². The number of nitrogens with two attached hydrogens (primary N) is 1. The van der Waals surface area contributed by atoms with Crippen molar-refractivity contribution in [3.05, 3.63) is 101 Å². The minimum atomic E-state index is -4.20. The molecule has 5 aromatic rings. The smallest absolute Gasteiger partial charge is 0.307 e. The Balaban J connectivity index is 1.52. The average molecular weight is 612 g/mol. The molecule has 0 aliphatic carbocycles. The molecule has 0 saturated carbocycles. The number of nitrogen functional groups attached to an aromatic ring is 1. The molecule has 10 nitrogen and oxygen atoms in total. The maximum Gasteiger partial charge on any atom is 0.307 e. The number of pyridine rings is 1. The van der Waals surface area contributed by atoms with Gasteiger partial charge in [-0.1, -0.05) is 42.5 Å². The zero-order valence-corrected chi connectivity index (χ0v) is 25.3. The van der Waals surface area contributed by atoms with Gasteiger partial charge in [0.25, 0.3) is 10.0 Å². The van der Waals surface area contributed by atoms with E-state index in [9.17, 15) is 18.0 Å².